The quantitative estimate of drug-likeness (QED) is 0.775. The molecule has 2 rings (SSSR count). The molecule has 0 amide bonds. The molecule has 0 aliphatic rings. The maximum Gasteiger partial charge on any atom is 0.168 e. The molecule has 4 heteroatoms. The average Bonchev–Trinajstić information content (AvgIpc) is 2.88. The fourth-order valence-corrected chi connectivity index (χ4v) is 10.8. The van der Waals surface area contributed by atoms with Gasteiger partial charge in [-0.1, -0.05) is 41.5 Å². The molecule has 0 aromatic carbocycles. The van der Waals surface area contributed by atoms with Crippen LogP contribution in [-0.2, 0) is 0 Å². The fourth-order valence-electron chi connectivity index (χ4n) is 4.32. The first kappa shape index (κ1) is 16.8. The maximum absolute atomic E-state index is 5.87. The highest BCUT2D eigenvalue weighted by atomic mass is 28.3. The SMILES string of the molecule is CC(C)[Si](C(C)C)(C(C)C)n1ccc(-c2cncc(N)c2)c1. The third-order valence-electron chi connectivity index (χ3n) is 5.01. The van der Waals surface area contributed by atoms with Crippen LogP contribution < -0.4 is 5.73 Å². The molecule has 0 saturated carbocycles. The number of nitrogens with zero attached hydrogens (tertiary/aromatic N) is 2. The third-order valence-corrected chi connectivity index (χ3v) is 11.7. The summed E-state index contributed by atoms with van der Waals surface area (Å²) in [7, 11) is -1.66. The van der Waals surface area contributed by atoms with Crippen molar-refractivity contribution < 1.29 is 0 Å². The zero-order chi connectivity index (χ0) is 16.5. The van der Waals surface area contributed by atoms with Crippen LogP contribution in [0.15, 0.2) is 36.9 Å². The highest BCUT2D eigenvalue weighted by Gasteiger charge is 2.44. The van der Waals surface area contributed by atoms with Crippen molar-refractivity contribution in [2.75, 3.05) is 5.73 Å². The molecule has 2 aromatic heterocycles. The lowest BCUT2D eigenvalue weighted by molar-refractivity contribution is 0.766. The molecule has 0 aliphatic heterocycles. The molecule has 2 aromatic rings. The molecule has 0 bridgehead atoms. The van der Waals surface area contributed by atoms with E-state index in [0.29, 0.717) is 22.3 Å². The van der Waals surface area contributed by atoms with E-state index in [-0.39, 0.29) is 0 Å². The summed E-state index contributed by atoms with van der Waals surface area (Å²) in [5, 5.41) is 0. The van der Waals surface area contributed by atoms with E-state index in [1.54, 1.807) is 6.20 Å². The van der Waals surface area contributed by atoms with Gasteiger partial charge in [0.25, 0.3) is 0 Å². The topological polar surface area (TPSA) is 43.8 Å². The van der Waals surface area contributed by atoms with Crippen LogP contribution in [0.3, 0.4) is 0 Å². The minimum absolute atomic E-state index is 0.687. The van der Waals surface area contributed by atoms with Gasteiger partial charge < -0.3 is 9.97 Å². The Morgan fingerprint density at radius 1 is 0.955 bits per heavy atom. The Labute approximate surface area is 135 Å². The molecule has 3 nitrogen and oxygen atoms in total. The number of hydrogen-bond acceptors (Lipinski definition) is 2. The molecular weight excluding hydrogens is 286 g/mol. The summed E-state index contributed by atoms with van der Waals surface area (Å²) >= 11 is 0. The smallest absolute Gasteiger partial charge is 0.168 e. The predicted octanol–water partition coefficient (Wildman–Crippen LogP) is 5.16. The van der Waals surface area contributed by atoms with Crippen LogP contribution in [0, 0.1) is 0 Å². The second kappa shape index (κ2) is 6.29. The number of rotatable bonds is 5. The Balaban J connectivity index is 2.52. The number of anilines is 1. The zero-order valence-corrected chi connectivity index (χ0v) is 15.7. The minimum Gasteiger partial charge on any atom is -0.397 e. The largest absolute Gasteiger partial charge is 0.397 e. The number of nitrogens with two attached hydrogens (primary N) is 1. The van der Waals surface area contributed by atoms with Gasteiger partial charge in [-0.05, 0) is 35.0 Å². The minimum atomic E-state index is -1.66. The van der Waals surface area contributed by atoms with Crippen LogP contribution in [0.2, 0.25) is 16.6 Å². The van der Waals surface area contributed by atoms with Crippen LogP contribution in [-0.4, -0.2) is 17.5 Å². The first-order valence-corrected chi connectivity index (χ1v) is 10.4. The molecule has 2 N–H and O–H groups in total. The second-order valence-corrected chi connectivity index (χ2v) is 12.9. The molecule has 0 atom stereocenters. The Bertz CT molecular complexity index is 607. The van der Waals surface area contributed by atoms with E-state index in [1.807, 2.05) is 12.3 Å². The van der Waals surface area contributed by atoms with Gasteiger partial charge in [0.2, 0.25) is 0 Å². The fraction of sp³-hybridized carbons (Fsp3) is 0.500. The summed E-state index contributed by atoms with van der Waals surface area (Å²) < 4.78 is 2.55. The molecule has 120 valence electrons. The zero-order valence-electron chi connectivity index (χ0n) is 14.7. The Hall–Kier alpha value is -1.55. The van der Waals surface area contributed by atoms with Gasteiger partial charge in [-0.2, -0.15) is 0 Å². The molecule has 22 heavy (non-hydrogen) atoms. The Morgan fingerprint density at radius 3 is 2.05 bits per heavy atom. The first-order chi connectivity index (χ1) is 10.3. The summed E-state index contributed by atoms with van der Waals surface area (Å²) in [4.78, 5) is 4.21. The van der Waals surface area contributed by atoms with E-state index in [9.17, 15) is 0 Å². The van der Waals surface area contributed by atoms with Crippen molar-refractivity contribution in [3.63, 3.8) is 0 Å². The van der Waals surface area contributed by atoms with E-state index in [4.69, 9.17) is 5.73 Å². The van der Waals surface area contributed by atoms with E-state index in [0.717, 1.165) is 5.56 Å². The summed E-state index contributed by atoms with van der Waals surface area (Å²) in [6, 6.07) is 4.20. The maximum atomic E-state index is 5.87. The van der Waals surface area contributed by atoms with Crippen LogP contribution in [0.1, 0.15) is 41.5 Å². The lowest BCUT2D eigenvalue weighted by atomic mass is 10.1. The normalized spacial score (nSPS) is 12.6. The first-order valence-electron chi connectivity index (χ1n) is 8.19. The molecule has 0 aliphatic carbocycles. The molecule has 0 unspecified atom stereocenters. The van der Waals surface area contributed by atoms with E-state index >= 15 is 0 Å². The van der Waals surface area contributed by atoms with Gasteiger partial charge >= 0.3 is 0 Å². The summed E-state index contributed by atoms with van der Waals surface area (Å²) in [5.74, 6) is 0. The van der Waals surface area contributed by atoms with Gasteiger partial charge in [-0.3, -0.25) is 4.98 Å². The summed E-state index contributed by atoms with van der Waals surface area (Å²) in [6.07, 6.45) is 8.16. The highest BCUT2D eigenvalue weighted by molar-refractivity contribution is 6.82. The van der Waals surface area contributed by atoms with E-state index < -0.39 is 8.24 Å². The lowest BCUT2D eigenvalue weighted by Gasteiger charge is -2.44. The average molecular weight is 316 g/mol. The van der Waals surface area contributed by atoms with Crippen molar-refractivity contribution in [3.8, 4) is 11.1 Å². The number of nitrogen functional groups attached to an aromatic ring is 1. The highest BCUT2D eigenvalue weighted by Crippen LogP contribution is 2.43. The van der Waals surface area contributed by atoms with Gasteiger partial charge in [-0.25, -0.2) is 0 Å². The molecule has 0 saturated heterocycles. The number of aromatic nitrogens is 2. The Morgan fingerprint density at radius 2 is 1.55 bits per heavy atom. The molecule has 0 spiro atoms. The van der Waals surface area contributed by atoms with Crippen LogP contribution in [0.25, 0.3) is 11.1 Å². The van der Waals surface area contributed by atoms with Crippen molar-refractivity contribution in [3.05, 3.63) is 36.9 Å². The van der Waals surface area contributed by atoms with Gasteiger partial charge in [-0.15, -0.1) is 0 Å². The molecule has 2 heterocycles. The van der Waals surface area contributed by atoms with E-state index in [1.165, 1.54) is 5.56 Å². The third kappa shape index (κ3) is 2.72. The standard InChI is InChI=1S/C18H29N3Si/c1-13(2)22(14(3)4,15(5)6)21-8-7-16(12-21)17-9-18(19)11-20-10-17/h7-15H,19H2,1-6H3. The number of pyridine rings is 1. The van der Waals surface area contributed by atoms with Crippen LogP contribution in [0.4, 0.5) is 5.69 Å². The van der Waals surface area contributed by atoms with Crippen molar-refractivity contribution >= 4 is 13.9 Å². The van der Waals surface area contributed by atoms with Crippen LogP contribution in [0.5, 0.6) is 0 Å². The predicted molar refractivity (Wildman–Crippen MR) is 98.5 cm³/mol. The second-order valence-electron chi connectivity index (χ2n) is 7.17. The van der Waals surface area contributed by atoms with Crippen LogP contribution >= 0.6 is 0 Å². The lowest BCUT2D eigenvalue weighted by Crippen LogP contribution is -2.51. The van der Waals surface area contributed by atoms with E-state index in [2.05, 4.69) is 69.2 Å². The number of hydrogen-bond donors (Lipinski definition) is 1. The molecular formula is C18H29N3Si. The summed E-state index contributed by atoms with van der Waals surface area (Å²) in [6.45, 7) is 14.3. The van der Waals surface area contributed by atoms with Crippen molar-refractivity contribution in [1.29, 1.82) is 0 Å². The van der Waals surface area contributed by atoms with Gasteiger partial charge in [0, 0.05) is 29.7 Å². The van der Waals surface area contributed by atoms with Gasteiger partial charge in [0.1, 0.15) is 0 Å². The molecule has 0 fully saturated rings. The monoisotopic (exact) mass is 315 g/mol. The Kier molecular flexibility index (Phi) is 4.80. The van der Waals surface area contributed by atoms with Crippen molar-refractivity contribution in [2.24, 2.45) is 0 Å². The van der Waals surface area contributed by atoms with Crippen molar-refractivity contribution in [1.82, 2.24) is 9.22 Å². The molecule has 0 radical (unpaired) electrons. The van der Waals surface area contributed by atoms with Gasteiger partial charge in [0.05, 0.1) is 5.69 Å². The van der Waals surface area contributed by atoms with Crippen molar-refractivity contribution in [2.45, 2.75) is 58.2 Å². The van der Waals surface area contributed by atoms with Gasteiger partial charge in [0.15, 0.2) is 8.24 Å². The summed E-state index contributed by atoms with van der Waals surface area (Å²) in [5.41, 5.74) is 10.9.